The second kappa shape index (κ2) is 4.82. The van der Waals surface area contributed by atoms with Gasteiger partial charge in [0.15, 0.2) is 0 Å². The van der Waals surface area contributed by atoms with Crippen molar-refractivity contribution in [3.63, 3.8) is 0 Å². The van der Waals surface area contributed by atoms with Crippen LogP contribution in [-0.4, -0.2) is 12.3 Å². The molecule has 0 aliphatic rings. The van der Waals surface area contributed by atoms with Crippen LogP contribution in [0.25, 0.3) is 0 Å². The molecule has 0 aliphatic heterocycles. The van der Waals surface area contributed by atoms with Gasteiger partial charge in [-0.3, -0.25) is 4.99 Å². The Balaban J connectivity index is 3.26. The molecule has 0 heterocycles. The summed E-state index contributed by atoms with van der Waals surface area (Å²) in [6, 6.07) is 0. The van der Waals surface area contributed by atoms with Gasteiger partial charge in [0, 0.05) is 18.7 Å². The number of hydrogen-bond donors (Lipinski definition) is 0. The van der Waals surface area contributed by atoms with E-state index in [9.17, 15) is 0 Å². The fourth-order valence-electron chi connectivity index (χ4n) is 0.379. The van der Waals surface area contributed by atoms with Crippen molar-refractivity contribution in [3.05, 3.63) is 6.42 Å². The Kier molecular flexibility index (Phi) is 4.62. The highest BCUT2D eigenvalue weighted by Gasteiger charge is 1.81. The molecule has 8 heavy (non-hydrogen) atoms. The maximum atomic E-state index is 4.22. The lowest BCUT2D eigenvalue weighted by Crippen LogP contribution is -1.89. The van der Waals surface area contributed by atoms with E-state index in [4.69, 9.17) is 0 Å². The highest BCUT2D eigenvalue weighted by molar-refractivity contribution is 5.89. The third kappa shape index (κ3) is 3.85. The van der Waals surface area contributed by atoms with E-state index in [1.807, 2.05) is 20.3 Å². The average molecular weight is 112 g/mol. The summed E-state index contributed by atoms with van der Waals surface area (Å²) in [5, 5.41) is 0. The van der Waals surface area contributed by atoms with E-state index < -0.39 is 0 Å². The zero-order valence-corrected chi connectivity index (χ0v) is 5.94. The molecule has 1 heteroatoms. The van der Waals surface area contributed by atoms with Crippen molar-refractivity contribution in [3.8, 4) is 0 Å². The first-order chi connectivity index (χ1) is 3.81. The normalized spacial score (nSPS) is 12.1. The first-order valence-electron chi connectivity index (χ1n) is 3.11. The van der Waals surface area contributed by atoms with E-state index in [0.29, 0.717) is 0 Å². The van der Waals surface area contributed by atoms with Crippen LogP contribution in [0.1, 0.15) is 27.2 Å². The molecule has 0 bridgehead atoms. The lowest BCUT2D eigenvalue weighted by molar-refractivity contribution is 0.931. The fraction of sp³-hybridized carbons (Fsp3) is 0.714. The number of rotatable bonds is 3. The van der Waals surface area contributed by atoms with E-state index >= 15 is 0 Å². The predicted molar refractivity (Wildman–Crippen MR) is 38.2 cm³/mol. The molecule has 1 nitrogen and oxygen atoms in total. The summed E-state index contributed by atoms with van der Waals surface area (Å²) in [5.74, 6) is 0. The lowest BCUT2D eigenvalue weighted by Gasteiger charge is -1.90. The van der Waals surface area contributed by atoms with Crippen LogP contribution in [0.3, 0.4) is 0 Å². The van der Waals surface area contributed by atoms with Gasteiger partial charge >= 0.3 is 0 Å². The van der Waals surface area contributed by atoms with Gasteiger partial charge in [0.2, 0.25) is 0 Å². The summed E-state index contributed by atoms with van der Waals surface area (Å²) < 4.78 is 0. The molecule has 0 rings (SSSR count). The van der Waals surface area contributed by atoms with Crippen LogP contribution in [0.15, 0.2) is 4.99 Å². The third-order valence-electron chi connectivity index (χ3n) is 1.00. The molecular formula is C7H14N. The highest BCUT2D eigenvalue weighted by atomic mass is 14.7. The summed E-state index contributed by atoms with van der Waals surface area (Å²) >= 11 is 0. The number of nitrogens with zero attached hydrogens (tertiary/aromatic N) is 1. The van der Waals surface area contributed by atoms with Gasteiger partial charge in [-0.25, -0.2) is 0 Å². The van der Waals surface area contributed by atoms with E-state index in [0.717, 1.165) is 18.7 Å². The second-order valence-corrected chi connectivity index (χ2v) is 1.81. The van der Waals surface area contributed by atoms with Crippen molar-refractivity contribution in [2.24, 2.45) is 4.99 Å². The molecule has 0 saturated carbocycles. The zero-order valence-electron chi connectivity index (χ0n) is 5.94. The van der Waals surface area contributed by atoms with Gasteiger partial charge in [0.05, 0.1) is 0 Å². The first-order valence-corrected chi connectivity index (χ1v) is 3.11. The molecule has 0 aromatic heterocycles. The van der Waals surface area contributed by atoms with Gasteiger partial charge in [-0.15, -0.1) is 0 Å². The van der Waals surface area contributed by atoms with Crippen LogP contribution in [0, 0.1) is 6.42 Å². The van der Waals surface area contributed by atoms with E-state index in [1.54, 1.807) is 0 Å². The minimum absolute atomic E-state index is 0.968. The Morgan fingerprint density at radius 2 is 2.25 bits per heavy atom. The van der Waals surface area contributed by atoms with Gasteiger partial charge in [-0.05, 0) is 13.3 Å². The topological polar surface area (TPSA) is 12.4 Å². The fourth-order valence-corrected chi connectivity index (χ4v) is 0.379. The molecule has 47 valence electrons. The van der Waals surface area contributed by atoms with Crippen molar-refractivity contribution in [1.82, 2.24) is 0 Å². The maximum absolute atomic E-state index is 4.22. The Bertz CT molecular complexity index is 74.5. The second-order valence-electron chi connectivity index (χ2n) is 1.81. The monoisotopic (exact) mass is 112 g/mol. The summed E-state index contributed by atoms with van der Waals surface area (Å²) in [4.78, 5) is 4.22. The van der Waals surface area contributed by atoms with Crippen molar-refractivity contribution in [2.45, 2.75) is 27.2 Å². The summed E-state index contributed by atoms with van der Waals surface area (Å²) in [6.07, 6.45) is 3.17. The minimum atomic E-state index is 0.968. The molecule has 0 spiro atoms. The van der Waals surface area contributed by atoms with Gasteiger partial charge in [-0.2, -0.15) is 0 Å². The first kappa shape index (κ1) is 7.67. The highest BCUT2D eigenvalue weighted by Crippen LogP contribution is 1.84. The van der Waals surface area contributed by atoms with Gasteiger partial charge < -0.3 is 0 Å². The van der Waals surface area contributed by atoms with Gasteiger partial charge in [0.1, 0.15) is 0 Å². The molecule has 0 amide bonds. The Morgan fingerprint density at radius 3 is 2.62 bits per heavy atom. The number of aliphatic imine (C=N–C) groups is 1. The van der Waals surface area contributed by atoms with Gasteiger partial charge in [-0.1, -0.05) is 13.8 Å². The SMILES string of the molecule is C[CH]C(C)=NCCC. The molecule has 0 fully saturated rings. The molecule has 0 N–H and O–H groups in total. The smallest absolute Gasteiger partial charge is 0.0386 e. The van der Waals surface area contributed by atoms with Crippen LogP contribution < -0.4 is 0 Å². The van der Waals surface area contributed by atoms with E-state index in [1.165, 1.54) is 0 Å². The van der Waals surface area contributed by atoms with Crippen LogP contribution in [0.2, 0.25) is 0 Å². The van der Waals surface area contributed by atoms with E-state index in [2.05, 4.69) is 11.9 Å². The maximum Gasteiger partial charge on any atom is 0.0386 e. The lowest BCUT2D eigenvalue weighted by atomic mass is 10.3. The average Bonchev–Trinajstić information content (AvgIpc) is 1.83. The molecule has 0 unspecified atom stereocenters. The molecule has 1 radical (unpaired) electrons. The summed E-state index contributed by atoms with van der Waals surface area (Å²) in [5.41, 5.74) is 1.15. The molecule has 0 aromatic carbocycles. The largest absolute Gasteiger partial charge is 0.294 e. The van der Waals surface area contributed by atoms with Crippen molar-refractivity contribution in [1.29, 1.82) is 0 Å². The van der Waals surface area contributed by atoms with Crippen molar-refractivity contribution >= 4 is 5.71 Å². The summed E-state index contributed by atoms with van der Waals surface area (Å²) in [7, 11) is 0. The van der Waals surface area contributed by atoms with Crippen LogP contribution in [0.5, 0.6) is 0 Å². The Labute approximate surface area is 51.8 Å². The van der Waals surface area contributed by atoms with Crippen LogP contribution in [0.4, 0.5) is 0 Å². The molecule has 0 aromatic rings. The third-order valence-corrected chi connectivity index (χ3v) is 1.00. The Morgan fingerprint density at radius 1 is 1.62 bits per heavy atom. The van der Waals surface area contributed by atoms with E-state index in [-0.39, 0.29) is 0 Å². The van der Waals surface area contributed by atoms with Crippen molar-refractivity contribution in [2.75, 3.05) is 6.54 Å². The number of hydrogen-bond acceptors (Lipinski definition) is 1. The predicted octanol–water partition coefficient (Wildman–Crippen LogP) is 2.08. The zero-order chi connectivity index (χ0) is 6.41. The Hall–Kier alpha value is -0.330. The molecule has 0 saturated heterocycles. The minimum Gasteiger partial charge on any atom is -0.294 e. The summed E-state index contributed by atoms with van der Waals surface area (Å²) in [6.45, 7) is 7.13. The van der Waals surface area contributed by atoms with Crippen LogP contribution in [-0.2, 0) is 0 Å². The molecule has 0 aliphatic carbocycles. The standard InChI is InChI=1S/C7H14N/c1-4-6-8-7(3)5-2/h5H,4,6H2,1-3H3. The van der Waals surface area contributed by atoms with Crippen LogP contribution >= 0.6 is 0 Å². The molecular weight excluding hydrogens is 98.1 g/mol. The van der Waals surface area contributed by atoms with Gasteiger partial charge in [0.25, 0.3) is 0 Å². The quantitative estimate of drug-likeness (QED) is 0.496. The van der Waals surface area contributed by atoms with Crippen molar-refractivity contribution < 1.29 is 0 Å². The molecule has 0 atom stereocenters.